The van der Waals surface area contributed by atoms with E-state index in [2.05, 4.69) is 6.58 Å². The lowest BCUT2D eigenvalue weighted by Crippen LogP contribution is -1.97. The molecule has 0 saturated heterocycles. The van der Waals surface area contributed by atoms with Gasteiger partial charge in [-0.15, -0.1) is 6.58 Å². The van der Waals surface area contributed by atoms with Crippen molar-refractivity contribution < 1.29 is 5.11 Å². The SMILES string of the molecule is C=CCCCC(O)c1cc(C)cc(Cl)c1. The van der Waals surface area contributed by atoms with Gasteiger partial charge >= 0.3 is 0 Å². The van der Waals surface area contributed by atoms with Gasteiger partial charge in [-0.3, -0.25) is 0 Å². The number of halogens is 1. The number of aliphatic hydroxyl groups is 1. The number of allylic oxidation sites excluding steroid dienone is 1. The second-order valence-electron chi connectivity index (χ2n) is 3.80. The second-order valence-corrected chi connectivity index (χ2v) is 4.23. The Morgan fingerprint density at radius 2 is 2.20 bits per heavy atom. The number of unbranched alkanes of at least 4 members (excludes halogenated alkanes) is 1. The molecule has 0 amide bonds. The van der Waals surface area contributed by atoms with Crippen molar-refractivity contribution in [3.05, 3.63) is 47.0 Å². The first kappa shape index (κ1) is 12.3. The normalized spacial score (nSPS) is 12.5. The molecule has 0 aromatic heterocycles. The quantitative estimate of drug-likeness (QED) is 0.591. The first-order valence-corrected chi connectivity index (χ1v) is 5.57. The van der Waals surface area contributed by atoms with Crippen molar-refractivity contribution in [2.45, 2.75) is 32.3 Å². The van der Waals surface area contributed by atoms with Crippen LogP contribution in [0.4, 0.5) is 0 Å². The van der Waals surface area contributed by atoms with Crippen LogP contribution in [0.2, 0.25) is 5.02 Å². The van der Waals surface area contributed by atoms with Crippen LogP contribution in [0.1, 0.15) is 36.5 Å². The van der Waals surface area contributed by atoms with Crippen molar-refractivity contribution in [1.29, 1.82) is 0 Å². The van der Waals surface area contributed by atoms with Crippen molar-refractivity contribution >= 4 is 11.6 Å². The maximum absolute atomic E-state index is 9.90. The highest BCUT2D eigenvalue weighted by Crippen LogP contribution is 2.23. The third kappa shape index (κ3) is 4.06. The molecular formula is C13H17ClO. The zero-order valence-corrected chi connectivity index (χ0v) is 9.80. The Morgan fingerprint density at radius 1 is 1.47 bits per heavy atom. The van der Waals surface area contributed by atoms with Crippen LogP contribution in [-0.2, 0) is 0 Å². The Morgan fingerprint density at radius 3 is 2.80 bits per heavy atom. The Balaban J connectivity index is 2.64. The summed E-state index contributed by atoms with van der Waals surface area (Å²) in [6.07, 6.45) is 4.11. The summed E-state index contributed by atoms with van der Waals surface area (Å²) in [5.74, 6) is 0. The number of rotatable bonds is 5. The zero-order valence-electron chi connectivity index (χ0n) is 9.04. The minimum absolute atomic E-state index is 0.414. The van der Waals surface area contributed by atoms with Crippen LogP contribution in [-0.4, -0.2) is 5.11 Å². The van der Waals surface area contributed by atoms with Crippen molar-refractivity contribution in [3.8, 4) is 0 Å². The molecule has 1 aromatic rings. The van der Waals surface area contributed by atoms with Gasteiger partial charge in [0.2, 0.25) is 0 Å². The van der Waals surface area contributed by atoms with Crippen molar-refractivity contribution in [2.24, 2.45) is 0 Å². The third-order valence-electron chi connectivity index (χ3n) is 2.34. The predicted molar refractivity (Wildman–Crippen MR) is 65.2 cm³/mol. The van der Waals surface area contributed by atoms with Gasteiger partial charge in [-0.2, -0.15) is 0 Å². The van der Waals surface area contributed by atoms with Crippen molar-refractivity contribution in [3.63, 3.8) is 0 Å². The molecule has 2 heteroatoms. The summed E-state index contributed by atoms with van der Waals surface area (Å²) in [5.41, 5.74) is 1.99. The Bertz CT molecular complexity index is 313. The molecule has 0 aliphatic heterocycles. The maximum Gasteiger partial charge on any atom is 0.0790 e. The summed E-state index contributed by atoms with van der Waals surface area (Å²) in [6.45, 7) is 5.63. The van der Waals surface area contributed by atoms with Gasteiger partial charge in [0.05, 0.1) is 6.10 Å². The standard InChI is InChI=1S/C13H17ClO/c1-3-4-5-6-13(15)11-7-10(2)8-12(14)9-11/h3,7-9,13,15H,1,4-6H2,2H3. The Hall–Kier alpha value is -0.790. The Labute approximate surface area is 96.4 Å². The van der Waals surface area contributed by atoms with Crippen molar-refractivity contribution in [2.75, 3.05) is 0 Å². The van der Waals surface area contributed by atoms with E-state index in [4.69, 9.17) is 11.6 Å². The molecule has 0 bridgehead atoms. The molecule has 0 spiro atoms. The Kier molecular flexibility index (Phi) is 4.86. The van der Waals surface area contributed by atoms with Crippen LogP contribution in [0, 0.1) is 6.92 Å². The fourth-order valence-electron chi connectivity index (χ4n) is 1.58. The lowest BCUT2D eigenvalue weighted by molar-refractivity contribution is 0.165. The molecule has 1 nitrogen and oxygen atoms in total. The van der Waals surface area contributed by atoms with Crippen LogP contribution in [0.3, 0.4) is 0 Å². The molecule has 0 radical (unpaired) electrons. The molecular weight excluding hydrogens is 208 g/mol. The number of aliphatic hydroxyl groups excluding tert-OH is 1. The molecule has 0 saturated carbocycles. The van der Waals surface area contributed by atoms with E-state index in [0.29, 0.717) is 5.02 Å². The molecule has 0 aliphatic rings. The monoisotopic (exact) mass is 224 g/mol. The first-order valence-electron chi connectivity index (χ1n) is 5.19. The van der Waals surface area contributed by atoms with Gasteiger partial charge in [-0.25, -0.2) is 0 Å². The van der Waals surface area contributed by atoms with E-state index in [1.54, 1.807) is 0 Å². The lowest BCUT2D eigenvalue weighted by Gasteiger charge is -2.11. The van der Waals surface area contributed by atoms with Crippen molar-refractivity contribution in [1.82, 2.24) is 0 Å². The highest BCUT2D eigenvalue weighted by molar-refractivity contribution is 6.30. The smallest absolute Gasteiger partial charge is 0.0790 e. The highest BCUT2D eigenvalue weighted by Gasteiger charge is 2.07. The summed E-state index contributed by atoms with van der Waals surface area (Å²) in [4.78, 5) is 0. The van der Waals surface area contributed by atoms with E-state index in [9.17, 15) is 5.11 Å². The van der Waals surface area contributed by atoms with Gasteiger partial charge in [0.15, 0.2) is 0 Å². The van der Waals surface area contributed by atoms with Gasteiger partial charge < -0.3 is 5.11 Å². The third-order valence-corrected chi connectivity index (χ3v) is 2.55. The fourth-order valence-corrected chi connectivity index (χ4v) is 1.88. The summed E-state index contributed by atoms with van der Waals surface area (Å²) in [5, 5.41) is 10.6. The molecule has 0 heterocycles. The molecule has 1 rings (SSSR count). The van der Waals surface area contributed by atoms with Crippen LogP contribution >= 0.6 is 11.6 Å². The van der Waals surface area contributed by atoms with E-state index < -0.39 is 6.10 Å². The van der Waals surface area contributed by atoms with Crippen LogP contribution in [0.5, 0.6) is 0 Å². The summed E-state index contributed by atoms with van der Waals surface area (Å²) >= 11 is 5.93. The van der Waals surface area contributed by atoms with Gasteiger partial charge in [0.1, 0.15) is 0 Å². The molecule has 1 aromatic carbocycles. The molecule has 0 aliphatic carbocycles. The van der Waals surface area contributed by atoms with E-state index in [1.807, 2.05) is 31.2 Å². The fraction of sp³-hybridized carbons (Fsp3) is 0.385. The van der Waals surface area contributed by atoms with E-state index >= 15 is 0 Å². The highest BCUT2D eigenvalue weighted by atomic mass is 35.5. The minimum Gasteiger partial charge on any atom is -0.388 e. The van der Waals surface area contributed by atoms with E-state index in [-0.39, 0.29) is 0 Å². The predicted octanol–water partition coefficient (Wildman–Crippen LogP) is 4.04. The maximum atomic E-state index is 9.90. The summed E-state index contributed by atoms with van der Waals surface area (Å²) in [7, 11) is 0. The van der Waals surface area contributed by atoms with Gasteiger partial charge in [-0.1, -0.05) is 23.7 Å². The van der Waals surface area contributed by atoms with E-state index in [0.717, 1.165) is 30.4 Å². The molecule has 1 N–H and O–H groups in total. The molecule has 82 valence electrons. The van der Waals surface area contributed by atoms with Crippen LogP contribution in [0.25, 0.3) is 0 Å². The molecule has 1 atom stereocenters. The second kappa shape index (κ2) is 5.94. The van der Waals surface area contributed by atoms with Gasteiger partial charge in [0.25, 0.3) is 0 Å². The topological polar surface area (TPSA) is 20.2 Å². The molecule has 0 fully saturated rings. The first-order chi connectivity index (χ1) is 7.13. The summed E-state index contributed by atoms with van der Waals surface area (Å²) < 4.78 is 0. The van der Waals surface area contributed by atoms with Crippen LogP contribution < -0.4 is 0 Å². The zero-order chi connectivity index (χ0) is 11.3. The average Bonchev–Trinajstić information content (AvgIpc) is 2.16. The number of aryl methyl sites for hydroxylation is 1. The molecule has 1 unspecified atom stereocenters. The molecule has 15 heavy (non-hydrogen) atoms. The lowest BCUT2D eigenvalue weighted by atomic mass is 10.0. The number of benzene rings is 1. The largest absolute Gasteiger partial charge is 0.388 e. The average molecular weight is 225 g/mol. The number of hydrogen-bond acceptors (Lipinski definition) is 1. The van der Waals surface area contributed by atoms with Gasteiger partial charge in [0, 0.05) is 5.02 Å². The van der Waals surface area contributed by atoms with Gasteiger partial charge in [-0.05, 0) is 49.4 Å². The van der Waals surface area contributed by atoms with Crippen LogP contribution in [0.15, 0.2) is 30.9 Å². The number of hydrogen-bond donors (Lipinski definition) is 1. The van der Waals surface area contributed by atoms with E-state index in [1.165, 1.54) is 0 Å². The summed E-state index contributed by atoms with van der Waals surface area (Å²) in [6, 6.07) is 5.69. The minimum atomic E-state index is -0.414.